The van der Waals surface area contributed by atoms with Crippen molar-refractivity contribution in [3.05, 3.63) is 65.4 Å². The highest BCUT2D eigenvalue weighted by molar-refractivity contribution is 6.35. The summed E-state index contributed by atoms with van der Waals surface area (Å²) in [4.78, 5) is 27.4. The molecule has 2 amide bonds. The molecule has 3 aromatic rings. The standard InChI is InChI=1S/C25H25N3O3/c1-2-17-6-5-8-19-18(14-21-20-7-3-4-9-22(20)26-25(21)30)15-28(24(17)19)16-23(29)27-10-12-31-13-11-27/h3-9,14-15H,2,10-13,16H2,1H3,(H,26,30)/b21-14+. The fourth-order valence-electron chi connectivity index (χ4n) is 4.49. The predicted octanol–water partition coefficient (Wildman–Crippen LogP) is 3.56. The Hall–Kier alpha value is -3.38. The molecule has 1 saturated heterocycles. The molecule has 0 radical (unpaired) electrons. The Bertz CT molecular complexity index is 1200. The summed E-state index contributed by atoms with van der Waals surface area (Å²) in [7, 11) is 0. The number of carbonyl (C=O) groups is 2. The van der Waals surface area contributed by atoms with E-state index in [1.165, 1.54) is 5.56 Å². The smallest absolute Gasteiger partial charge is 0.256 e. The van der Waals surface area contributed by atoms with Crippen molar-refractivity contribution in [1.29, 1.82) is 0 Å². The van der Waals surface area contributed by atoms with Crippen molar-refractivity contribution in [1.82, 2.24) is 9.47 Å². The van der Waals surface area contributed by atoms with Gasteiger partial charge in [0.2, 0.25) is 5.91 Å². The zero-order chi connectivity index (χ0) is 21.4. The summed E-state index contributed by atoms with van der Waals surface area (Å²) in [5.41, 5.74) is 5.58. The molecule has 1 N–H and O–H groups in total. The predicted molar refractivity (Wildman–Crippen MR) is 122 cm³/mol. The van der Waals surface area contributed by atoms with Crippen LogP contribution in [-0.2, 0) is 27.3 Å². The first-order valence-corrected chi connectivity index (χ1v) is 10.7. The van der Waals surface area contributed by atoms with Crippen molar-refractivity contribution in [2.45, 2.75) is 19.9 Å². The SMILES string of the molecule is CCc1cccc2c(/C=C3/C(=O)Nc4ccccc43)cn(CC(=O)N3CCOCC3)c12. The Kier molecular flexibility index (Phi) is 5.08. The lowest BCUT2D eigenvalue weighted by atomic mass is 10.0. The van der Waals surface area contributed by atoms with Crippen LogP contribution in [-0.4, -0.2) is 47.6 Å². The number of morpholine rings is 1. The van der Waals surface area contributed by atoms with Gasteiger partial charge in [-0.15, -0.1) is 0 Å². The lowest BCUT2D eigenvalue weighted by Gasteiger charge is -2.27. The third-order valence-corrected chi connectivity index (χ3v) is 6.07. The largest absolute Gasteiger partial charge is 0.378 e. The summed E-state index contributed by atoms with van der Waals surface area (Å²) in [5.74, 6) is -0.00703. The number of amides is 2. The molecular formula is C25H25N3O3. The molecule has 2 aromatic carbocycles. The molecule has 1 aromatic heterocycles. The second kappa shape index (κ2) is 8.04. The van der Waals surface area contributed by atoms with Gasteiger partial charge in [-0.05, 0) is 24.1 Å². The number of hydrogen-bond donors (Lipinski definition) is 1. The highest BCUT2D eigenvalue weighted by Crippen LogP contribution is 2.35. The van der Waals surface area contributed by atoms with Crippen LogP contribution < -0.4 is 5.32 Å². The first-order valence-electron chi connectivity index (χ1n) is 10.7. The minimum atomic E-state index is -0.0989. The molecule has 6 nitrogen and oxygen atoms in total. The number of carbonyl (C=O) groups excluding carboxylic acids is 2. The molecule has 2 aliphatic rings. The summed E-state index contributed by atoms with van der Waals surface area (Å²) in [5, 5.41) is 3.99. The summed E-state index contributed by atoms with van der Waals surface area (Å²) >= 11 is 0. The minimum absolute atomic E-state index is 0.0919. The maximum absolute atomic E-state index is 13.0. The Morgan fingerprint density at radius 3 is 2.74 bits per heavy atom. The van der Waals surface area contributed by atoms with Gasteiger partial charge in [0.1, 0.15) is 6.54 Å². The molecule has 0 unspecified atom stereocenters. The molecular weight excluding hydrogens is 390 g/mol. The van der Waals surface area contributed by atoms with Crippen molar-refractivity contribution in [2.24, 2.45) is 0 Å². The first-order chi connectivity index (χ1) is 15.2. The number of ether oxygens (including phenoxy) is 1. The van der Waals surface area contributed by atoms with Gasteiger partial charge in [-0.25, -0.2) is 0 Å². The second-order valence-corrected chi connectivity index (χ2v) is 7.93. The van der Waals surface area contributed by atoms with E-state index in [2.05, 4.69) is 24.4 Å². The second-order valence-electron chi connectivity index (χ2n) is 7.93. The number of benzene rings is 2. The molecule has 0 spiro atoms. The summed E-state index contributed by atoms with van der Waals surface area (Å²) in [6.07, 6.45) is 4.81. The van der Waals surface area contributed by atoms with E-state index in [0.717, 1.165) is 34.1 Å². The van der Waals surface area contributed by atoms with Gasteiger partial charge in [0, 0.05) is 47.1 Å². The van der Waals surface area contributed by atoms with E-state index in [1.54, 1.807) is 0 Å². The number of para-hydroxylation sites is 2. The molecule has 5 rings (SSSR count). The number of aromatic nitrogens is 1. The molecule has 158 valence electrons. The molecule has 0 aliphatic carbocycles. The van der Waals surface area contributed by atoms with E-state index >= 15 is 0 Å². The van der Waals surface area contributed by atoms with E-state index in [4.69, 9.17) is 4.74 Å². The minimum Gasteiger partial charge on any atom is -0.378 e. The van der Waals surface area contributed by atoms with Crippen molar-refractivity contribution >= 4 is 40.1 Å². The number of rotatable bonds is 4. The zero-order valence-electron chi connectivity index (χ0n) is 17.6. The zero-order valence-corrected chi connectivity index (χ0v) is 17.6. The van der Waals surface area contributed by atoms with Gasteiger partial charge in [-0.3, -0.25) is 9.59 Å². The molecule has 2 aliphatic heterocycles. The van der Waals surface area contributed by atoms with Crippen LogP contribution >= 0.6 is 0 Å². The van der Waals surface area contributed by atoms with E-state index in [1.807, 2.05) is 52.1 Å². The average molecular weight is 415 g/mol. The van der Waals surface area contributed by atoms with Crippen LogP contribution in [0.2, 0.25) is 0 Å². The lowest BCUT2D eigenvalue weighted by molar-refractivity contribution is -0.135. The van der Waals surface area contributed by atoms with Crippen LogP contribution in [0.4, 0.5) is 5.69 Å². The Labute approximate surface area is 181 Å². The molecule has 1 fully saturated rings. The van der Waals surface area contributed by atoms with Gasteiger partial charge in [0.25, 0.3) is 5.91 Å². The monoisotopic (exact) mass is 415 g/mol. The lowest BCUT2D eigenvalue weighted by Crippen LogP contribution is -2.42. The van der Waals surface area contributed by atoms with Crippen LogP contribution in [0.15, 0.2) is 48.7 Å². The summed E-state index contributed by atoms with van der Waals surface area (Å²) in [6, 6.07) is 13.9. The van der Waals surface area contributed by atoms with Crippen LogP contribution in [0.5, 0.6) is 0 Å². The van der Waals surface area contributed by atoms with Gasteiger partial charge in [-0.2, -0.15) is 0 Å². The topological polar surface area (TPSA) is 63.6 Å². The molecule has 3 heterocycles. The maximum atomic E-state index is 13.0. The van der Waals surface area contributed by atoms with Crippen LogP contribution in [0, 0.1) is 0 Å². The van der Waals surface area contributed by atoms with E-state index in [-0.39, 0.29) is 18.4 Å². The molecule has 0 bridgehead atoms. The third-order valence-electron chi connectivity index (χ3n) is 6.07. The highest BCUT2D eigenvalue weighted by atomic mass is 16.5. The number of anilines is 1. The van der Waals surface area contributed by atoms with Gasteiger partial charge in [-0.1, -0.05) is 43.3 Å². The maximum Gasteiger partial charge on any atom is 0.256 e. The van der Waals surface area contributed by atoms with Crippen molar-refractivity contribution < 1.29 is 14.3 Å². The molecule has 6 heteroatoms. The number of nitrogens with one attached hydrogen (secondary N) is 1. The van der Waals surface area contributed by atoms with Gasteiger partial charge in [0.05, 0.1) is 18.7 Å². The van der Waals surface area contributed by atoms with Gasteiger partial charge < -0.3 is 19.5 Å². The Balaban J connectivity index is 1.58. The van der Waals surface area contributed by atoms with Crippen LogP contribution in [0.25, 0.3) is 22.6 Å². The Morgan fingerprint density at radius 2 is 1.94 bits per heavy atom. The number of fused-ring (bicyclic) bond motifs is 2. The number of hydrogen-bond acceptors (Lipinski definition) is 3. The molecule has 31 heavy (non-hydrogen) atoms. The van der Waals surface area contributed by atoms with Crippen molar-refractivity contribution in [3.8, 4) is 0 Å². The van der Waals surface area contributed by atoms with E-state index in [0.29, 0.717) is 31.9 Å². The van der Waals surface area contributed by atoms with Crippen molar-refractivity contribution in [3.63, 3.8) is 0 Å². The third kappa shape index (κ3) is 3.53. The molecule has 0 saturated carbocycles. The van der Waals surface area contributed by atoms with Crippen LogP contribution in [0.3, 0.4) is 0 Å². The first kappa shape index (κ1) is 19.6. The normalized spacial score (nSPS) is 17.3. The fraction of sp³-hybridized carbons (Fsp3) is 0.280. The summed E-state index contributed by atoms with van der Waals surface area (Å²) in [6.45, 7) is 4.84. The molecule has 0 atom stereocenters. The van der Waals surface area contributed by atoms with E-state index in [9.17, 15) is 9.59 Å². The quantitative estimate of drug-likeness (QED) is 0.663. The summed E-state index contributed by atoms with van der Waals surface area (Å²) < 4.78 is 7.42. The fourth-order valence-corrected chi connectivity index (χ4v) is 4.49. The highest BCUT2D eigenvalue weighted by Gasteiger charge is 2.25. The number of aryl methyl sites for hydroxylation is 1. The average Bonchev–Trinajstić information content (AvgIpc) is 3.31. The van der Waals surface area contributed by atoms with Crippen LogP contribution in [0.1, 0.15) is 23.6 Å². The Morgan fingerprint density at radius 1 is 1.13 bits per heavy atom. The van der Waals surface area contributed by atoms with E-state index < -0.39 is 0 Å². The van der Waals surface area contributed by atoms with Gasteiger partial charge in [0.15, 0.2) is 0 Å². The number of nitrogens with zero attached hydrogens (tertiary/aromatic N) is 2. The van der Waals surface area contributed by atoms with Crippen molar-refractivity contribution in [2.75, 3.05) is 31.6 Å². The van der Waals surface area contributed by atoms with Gasteiger partial charge >= 0.3 is 0 Å².